The van der Waals surface area contributed by atoms with Crippen molar-refractivity contribution in [3.63, 3.8) is 0 Å². The summed E-state index contributed by atoms with van der Waals surface area (Å²) in [5, 5.41) is 8.29. The van der Waals surface area contributed by atoms with Gasteiger partial charge in [0, 0.05) is 17.6 Å². The molecule has 0 spiro atoms. The van der Waals surface area contributed by atoms with Crippen LogP contribution in [0.3, 0.4) is 0 Å². The molecule has 0 aliphatic heterocycles. The zero-order valence-electron chi connectivity index (χ0n) is 15.4. The normalized spacial score (nSPS) is 11.6. The first-order chi connectivity index (χ1) is 13.8. The maximum Gasteiger partial charge on any atom is 0.338 e. The molecular formula is C18H16ClN3O6S. The summed E-state index contributed by atoms with van der Waals surface area (Å²) in [6.07, 6.45) is 0. The lowest BCUT2D eigenvalue weighted by molar-refractivity contribution is -0.0258. The highest BCUT2D eigenvalue weighted by Gasteiger charge is 2.22. The molecule has 11 heteroatoms. The van der Waals surface area contributed by atoms with Gasteiger partial charge in [-0.05, 0) is 42.5 Å². The van der Waals surface area contributed by atoms with E-state index in [0.29, 0.717) is 15.1 Å². The van der Waals surface area contributed by atoms with E-state index in [0.717, 1.165) is 0 Å². The first-order valence-electron chi connectivity index (χ1n) is 8.20. The molecule has 1 aromatic heterocycles. The van der Waals surface area contributed by atoms with Gasteiger partial charge in [0.25, 0.3) is 15.9 Å². The summed E-state index contributed by atoms with van der Waals surface area (Å²) in [5.74, 6) is -0.400. The molecule has 0 fully saturated rings. The van der Waals surface area contributed by atoms with Crippen molar-refractivity contribution in [2.24, 2.45) is 0 Å². The van der Waals surface area contributed by atoms with E-state index in [4.69, 9.17) is 25.6 Å². The van der Waals surface area contributed by atoms with Crippen LogP contribution >= 0.6 is 11.6 Å². The van der Waals surface area contributed by atoms with Crippen LogP contribution in [0.5, 0.6) is 0 Å². The van der Waals surface area contributed by atoms with Gasteiger partial charge < -0.3 is 9.15 Å². The van der Waals surface area contributed by atoms with Crippen molar-refractivity contribution in [2.75, 3.05) is 14.2 Å². The Morgan fingerprint density at radius 1 is 1.17 bits per heavy atom. The topological polar surface area (TPSA) is 112 Å². The smallest absolute Gasteiger partial charge is 0.338 e. The van der Waals surface area contributed by atoms with E-state index in [1.807, 2.05) is 0 Å². The molecule has 29 heavy (non-hydrogen) atoms. The summed E-state index contributed by atoms with van der Waals surface area (Å²) < 4.78 is 35.9. The lowest BCUT2D eigenvalue weighted by atomic mass is 10.2. The average Bonchev–Trinajstić information content (AvgIpc) is 3.21. The maximum absolute atomic E-state index is 12.3. The molecule has 0 aliphatic rings. The number of benzene rings is 2. The van der Waals surface area contributed by atoms with Gasteiger partial charge in [-0.25, -0.2) is 13.2 Å². The number of hydrogen-bond donors (Lipinski definition) is 0. The van der Waals surface area contributed by atoms with Gasteiger partial charge in [-0.2, -0.15) is 0 Å². The minimum absolute atomic E-state index is 0.0491. The first kappa shape index (κ1) is 20.9. The van der Waals surface area contributed by atoms with Crippen LogP contribution in [0.15, 0.2) is 57.8 Å². The summed E-state index contributed by atoms with van der Waals surface area (Å²) in [5.41, 5.74) is 0.715. The number of hydrogen-bond acceptors (Lipinski definition) is 8. The molecule has 0 aliphatic carbocycles. The van der Waals surface area contributed by atoms with Crippen LogP contribution in [-0.2, 0) is 26.2 Å². The number of carbonyl (C=O) groups excluding carboxylic acids is 1. The number of halogens is 1. The fourth-order valence-electron chi connectivity index (χ4n) is 2.26. The monoisotopic (exact) mass is 437 g/mol. The van der Waals surface area contributed by atoms with Crippen molar-refractivity contribution >= 4 is 27.6 Å². The summed E-state index contributed by atoms with van der Waals surface area (Å²) >= 11 is 5.84. The second kappa shape index (κ2) is 8.70. The number of sulfonamides is 1. The summed E-state index contributed by atoms with van der Waals surface area (Å²) in [6, 6.07) is 12.2. The Morgan fingerprint density at radius 2 is 1.90 bits per heavy atom. The lowest BCUT2D eigenvalue weighted by Crippen LogP contribution is -2.25. The van der Waals surface area contributed by atoms with Gasteiger partial charge in [-0.15, -0.1) is 10.2 Å². The third-order valence-corrected chi connectivity index (χ3v) is 5.78. The van der Waals surface area contributed by atoms with Crippen LogP contribution in [0.1, 0.15) is 16.2 Å². The van der Waals surface area contributed by atoms with E-state index < -0.39 is 16.0 Å². The number of ether oxygens (including phenoxy) is 1. The third-order valence-electron chi connectivity index (χ3n) is 3.85. The number of carbonyl (C=O) groups is 1. The minimum Gasteiger partial charge on any atom is -0.452 e. The predicted molar refractivity (Wildman–Crippen MR) is 102 cm³/mol. The largest absolute Gasteiger partial charge is 0.452 e. The molecule has 152 valence electrons. The standard InChI is InChI=1S/C18H16ClN3O6S/c1-22(26-2)29(24,25)15-5-3-4-13(10-15)18(23)27-11-16-20-21-17(28-16)12-6-8-14(19)9-7-12/h3-10H,11H2,1-2H3. The van der Waals surface area contributed by atoms with E-state index in [1.54, 1.807) is 24.3 Å². The van der Waals surface area contributed by atoms with Crippen molar-refractivity contribution in [3.05, 3.63) is 65.0 Å². The number of rotatable bonds is 7. The average molecular weight is 438 g/mol. The molecule has 3 rings (SSSR count). The van der Waals surface area contributed by atoms with Crippen LogP contribution in [0.4, 0.5) is 0 Å². The van der Waals surface area contributed by atoms with Crippen LogP contribution in [0, 0.1) is 0 Å². The van der Waals surface area contributed by atoms with Crippen molar-refractivity contribution in [1.29, 1.82) is 0 Å². The third kappa shape index (κ3) is 4.80. The van der Waals surface area contributed by atoms with Crippen LogP contribution in [-0.4, -0.2) is 43.2 Å². The van der Waals surface area contributed by atoms with Crippen molar-refractivity contribution < 1.29 is 27.2 Å². The fraction of sp³-hybridized carbons (Fsp3) is 0.167. The van der Waals surface area contributed by atoms with E-state index >= 15 is 0 Å². The van der Waals surface area contributed by atoms with Crippen molar-refractivity contribution in [1.82, 2.24) is 14.7 Å². The van der Waals surface area contributed by atoms with Gasteiger partial charge in [0.05, 0.1) is 17.6 Å². The minimum atomic E-state index is -3.89. The second-order valence-corrected chi connectivity index (χ2v) is 8.08. The summed E-state index contributed by atoms with van der Waals surface area (Å²) in [4.78, 5) is 16.9. The maximum atomic E-state index is 12.3. The SMILES string of the molecule is CON(C)S(=O)(=O)c1cccc(C(=O)OCc2nnc(-c3ccc(Cl)cc3)o2)c1. The Kier molecular flexibility index (Phi) is 6.28. The van der Waals surface area contributed by atoms with Crippen LogP contribution in [0.25, 0.3) is 11.5 Å². The summed E-state index contributed by atoms with van der Waals surface area (Å²) in [6.45, 7) is -0.269. The second-order valence-electron chi connectivity index (χ2n) is 5.71. The molecule has 9 nitrogen and oxygen atoms in total. The lowest BCUT2D eigenvalue weighted by Gasteiger charge is -2.14. The van der Waals surface area contributed by atoms with Crippen molar-refractivity contribution in [3.8, 4) is 11.5 Å². The fourth-order valence-corrected chi connectivity index (χ4v) is 3.41. The Bertz CT molecular complexity index is 1110. The molecular weight excluding hydrogens is 422 g/mol. The zero-order valence-corrected chi connectivity index (χ0v) is 17.0. The quantitative estimate of drug-likeness (QED) is 0.409. The van der Waals surface area contributed by atoms with Gasteiger partial charge >= 0.3 is 5.97 Å². The Labute approximate surface area is 171 Å². The number of nitrogens with zero attached hydrogens (tertiary/aromatic N) is 3. The van der Waals surface area contributed by atoms with Crippen LogP contribution < -0.4 is 0 Å². The highest BCUT2D eigenvalue weighted by molar-refractivity contribution is 7.89. The van der Waals surface area contributed by atoms with Gasteiger partial charge in [-0.3, -0.25) is 4.84 Å². The van der Waals surface area contributed by atoms with Gasteiger partial charge in [0.2, 0.25) is 5.89 Å². The van der Waals surface area contributed by atoms with Gasteiger partial charge in [0.1, 0.15) is 0 Å². The van der Waals surface area contributed by atoms with Crippen LogP contribution in [0.2, 0.25) is 5.02 Å². The van der Waals surface area contributed by atoms with E-state index in [-0.39, 0.29) is 28.8 Å². The molecule has 0 unspecified atom stereocenters. The molecule has 3 aromatic rings. The van der Waals surface area contributed by atoms with Crippen molar-refractivity contribution in [2.45, 2.75) is 11.5 Å². The predicted octanol–water partition coefficient (Wildman–Crippen LogP) is 2.93. The van der Waals surface area contributed by atoms with Gasteiger partial charge in [0.15, 0.2) is 6.61 Å². The summed E-state index contributed by atoms with van der Waals surface area (Å²) in [7, 11) is -1.42. The molecule has 1 heterocycles. The Morgan fingerprint density at radius 3 is 2.59 bits per heavy atom. The Balaban J connectivity index is 1.69. The molecule has 2 aromatic carbocycles. The van der Waals surface area contributed by atoms with E-state index in [1.165, 1.54) is 38.4 Å². The number of aromatic nitrogens is 2. The molecule has 0 amide bonds. The first-order valence-corrected chi connectivity index (χ1v) is 10.0. The highest BCUT2D eigenvalue weighted by Crippen LogP contribution is 2.21. The van der Waals surface area contributed by atoms with E-state index in [2.05, 4.69) is 10.2 Å². The van der Waals surface area contributed by atoms with E-state index in [9.17, 15) is 13.2 Å². The highest BCUT2D eigenvalue weighted by atomic mass is 35.5. The molecule has 0 saturated carbocycles. The number of esters is 1. The Hall–Kier alpha value is -2.79. The molecule has 0 saturated heterocycles. The van der Waals surface area contributed by atoms with Gasteiger partial charge in [-0.1, -0.05) is 22.1 Å². The molecule has 0 N–H and O–H groups in total. The molecule has 0 radical (unpaired) electrons. The molecule has 0 bridgehead atoms. The number of hydroxylamine groups is 1. The zero-order chi connectivity index (χ0) is 21.0. The molecule has 0 atom stereocenters.